The minimum absolute atomic E-state index is 0.282. The van der Waals surface area contributed by atoms with E-state index >= 15 is 0 Å². The summed E-state index contributed by atoms with van der Waals surface area (Å²) >= 11 is 5.80. The molecule has 18 heavy (non-hydrogen) atoms. The average Bonchev–Trinajstić information content (AvgIpc) is 2.35. The molecule has 0 saturated carbocycles. The van der Waals surface area contributed by atoms with Crippen molar-refractivity contribution in [2.75, 3.05) is 13.2 Å². The van der Waals surface area contributed by atoms with Gasteiger partial charge in [0, 0.05) is 18.2 Å². The molecule has 1 aliphatic rings. The van der Waals surface area contributed by atoms with Crippen LogP contribution in [-0.2, 0) is 11.3 Å². The smallest absolute Gasteiger partial charge is 0.125 e. The molecule has 100 valence electrons. The van der Waals surface area contributed by atoms with E-state index in [0.29, 0.717) is 17.7 Å². The maximum Gasteiger partial charge on any atom is 0.125 e. The van der Waals surface area contributed by atoms with E-state index in [4.69, 9.17) is 16.3 Å². The predicted octanol–water partition coefficient (Wildman–Crippen LogP) is 3.53. The molecule has 1 N–H and O–H groups in total. The lowest BCUT2D eigenvalue weighted by molar-refractivity contribution is 0.0115. The van der Waals surface area contributed by atoms with Crippen LogP contribution >= 0.6 is 11.6 Å². The van der Waals surface area contributed by atoms with Crippen LogP contribution in [0.2, 0.25) is 5.02 Å². The molecule has 2 nitrogen and oxygen atoms in total. The first-order valence-electron chi connectivity index (χ1n) is 6.51. The Morgan fingerprint density at radius 3 is 2.94 bits per heavy atom. The van der Waals surface area contributed by atoms with Gasteiger partial charge in [-0.3, -0.25) is 0 Å². The number of halogens is 2. The number of ether oxygens (including phenoxy) is 1. The Hall–Kier alpha value is -0.640. The second kappa shape index (κ2) is 7.07. The van der Waals surface area contributed by atoms with Crippen LogP contribution in [0.25, 0.3) is 0 Å². The van der Waals surface area contributed by atoms with Gasteiger partial charge in [-0.1, -0.05) is 11.6 Å². The lowest BCUT2D eigenvalue weighted by atomic mass is 10.1. The molecule has 1 aliphatic heterocycles. The fourth-order valence-corrected chi connectivity index (χ4v) is 2.49. The molecule has 0 aromatic heterocycles. The third-order valence-electron chi connectivity index (χ3n) is 3.17. The monoisotopic (exact) mass is 271 g/mol. The lowest BCUT2D eigenvalue weighted by Gasteiger charge is -2.22. The highest BCUT2D eigenvalue weighted by Crippen LogP contribution is 2.16. The standard InChI is InChI=1S/C14H19ClFNO/c15-12-7-11(8-13(16)9-12)10-17-5-4-14-3-1-2-6-18-14/h7-9,14,17H,1-6,10H2. The molecule has 2 rings (SSSR count). The fraction of sp³-hybridized carbons (Fsp3) is 0.571. The summed E-state index contributed by atoms with van der Waals surface area (Å²) in [7, 11) is 0. The molecule has 0 amide bonds. The van der Waals surface area contributed by atoms with Gasteiger partial charge in [-0.05, 0) is 56.0 Å². The number of hydrogen-bond donors (Lipinski definition) is 1. The van der Waals surface area contributed by atoms with Crippen molar-refractivity contribution in [2.24, 2.45) is 0 Å². The van der Waals surface area contributed by atoms with Gasteiger partial charge in [0.05, 0.1) is 6.10 Å². The first-order valence-corrected chi connectivity index (χ1v) is 6.89. The Kier molecular flexibility index (Phi) is 5.42. The van der Waals surface area contributed by atoms with Gasteiger partial charge in [-0.15, -0.1) is 0 Å². The van der Waals surface area contributed by atoms with Gasteiger partial charge in [0.2, 0.25) is 0 Å². The van der Waals surface area contributed by atoms with Crippen molar-refractivity contribution in [1.82, 2.24) is 5.32 Å². The molecule has 0 spiro atoms. The van der Waals surface area contributed by atoms with E-state index < -0.39 is 0 Å². The average molecular weight is 272 g/mol. The molecular weight excluding hydrogens is 253 g/mol. The molecule has 1 aromatic rings. The third kappa shape index (κ3) is 4.56. The molecule has 1 unspecified atom stereocenters. The minimum atomic E-state index is -0.282. The van der Waals surface area contributed by atoms with E-state index in [-0.39, 0.29) is 5.82 Å². The van der Waals surface area contributed by atoms with Gasteiger partial charge < -0.3 is 10.1 Å². The maximum atomic E-state index is 13.1. The Morgan fingerprint density at radius 1 is 1.33 bits per heavy atom. The van der Waals surface area contributed by atoms with E-state index in [1.807, 2.05) is 0 Å². The van der Waals surface area contributed by atoms with Crippen molar-refractivity contribution in [3.05, 3.63) is 34.6 Å². The second-order valence-corrected chi connectivity index (χ2v) is 5.17. The van der Waals surface area contributed by atoms with E-state index in [1.165, 1.54) is 25.0 Å². The molecule has 1 heterocycles. The van der Waals surface area contributed by atoms with Crippen LogP contribution in [0, 0.1) is 5.82 Å². The zero-order valence-corrected chi connectivity index (χ0v) is 11.2. The molecule has 1 aromatic carbocycles. The van der Waals surface area contributed by atoms with Gasteiger partial charge in [0.25, 0.3) is 0 Å². The summed E-state index contributed by atoms with van der Waals surface area (Å²) in [5, 5.41) is 3.74. The van der Waals surface area contributed by atoms with Crippen molar-refractivity contribution in [3.63, 3.8) is 0 Å². The quantitative estimate of drug-likeness (QED) is 0.828. The van der Waals surface area contributed by atoms with Crippen LogP contribution in [0.15, 0.2) is 18.2 Å². The third-order valence-corrected chi connectivity index (χ3v) is 3.39. The molecule has 0 radical (unpaired) electrons. The van der Waals surface area contributed by atoms with Crippen LogP contribution in [-0.4, -0.2) is 19.3 Å². The molecule has 0 aliphatic carbocycles. The molecule has 1 atom stereocenters. The molecule has 0 bridgehead atoms. The van der Waals surface area contributed by atoms with Crippen molar-refractivity contribution < 1.29 is 9.13 Å². The van der Waals surface area contributed by atoms with Crippen LogP contribution in [0.1, 0.15) is 31.2 Å². The van der Waals surface area contributed by atoms with E-state index in [1.54, 1.807) is 6.07 Å². The van der Waals surface area contributed by atoms with E-state index in [0.717, 1.165) is 31.6 Å². The highest BCUT2D eigenvalue weighted by Gasteiger charge is 2.12. The van der Waals surface area contributed by atoms with Gasteiger partial charge in [-0.2, -0.15) is 0 Å². The summed E-state index contributed by atoms with van der Waals surface area (Å²) in [5.41, 5.74) is 0.879. The summed E-state index contributed by atoms with van der Waals surface area (Å²) in [5.74, 6) is -0.282. The zero-order chi connectivity index (χ0) is 12.8. The van der Waals surface area contributed by atoms with E-state index in [2.05, 4.69) is 5.32 Å². The zero-order valence-electron chi connectivity index (χ0n) is 10.4. The van der Waals surface area contributed by atoms with Crippen LogP contribution in [0.3, 0.4) is 0 Å². The molecule has 4 heteroatoms. The highest BCUT2D eigenvalue weighted by atomic mass is 35.5. The van der Waals surface area contributed by atoms with Gasteiger partial charge >= 0.3 is 0 Å². The summed E-state index contributed by atoms with van der Waals surface area (Å²) in [6.07, 6.45) is 5.02. The topological polar surface area (TPSA) is 21.3 Å². The number of hydrogen-bond acceptors (Lipinski definition) is 2. The number of nitrogens with one attached hydrogen (secondary N) is 1. The van der Waals surface area contributed by atoms with Gasteiger partial charge in [-0.25, -0.2) is 4.39 Å². The maximum absolute atomic E-state index is 13.1. The summed E-state index contributed by atoms with van der Waals surface area (Å²) in [4.78, 5) is 0. The summed E-state index contributed by atoms with van der Waals surface area (Å²) in [6.45, 7) is 2.42. The Bertz CT molecular complexity index is 360. The van der Waals surface area contributed by atoms with Gasteiger partial charge in [0.15, 0.2) is 0 Å². The van der Waals surface area contributed by atoms with Crippen molar-refractivity contribution in [2.45, 2.75) is 38.3 Å². The SMILES string of the molecule is Fc1cc(Cl)cc(CNCCC2CCCCO2)c1. The minimum Gasteiger partial charge on any atom is -0.378 e. The largest absolute Gasteiger partial charge is 0.378 e. The van der Waals surface area contributed by atoms with Gasteiger partial charge in [0.1, 0.15) is 5.82 Å². The highest BCUT2D eigenvalue weighted by molar-refractivity contribution is 6.30. The molecule has 1 saturated heterocycles. The fourth-order valence-electron chi connectivity index (χ4n) is 2.24. The number of benzene rings is 1. The van der Waals surface area contributed by atoms with E-state index in [9.17, 15) is 4.39 Å². The first-order chi connectivity index (χ1) is 8.74. The number of rotatable bonds is 5. The van der Waals surface area contributed by atoms with Crippen LogP contribution < -0.4 is 5.32 Å². The van der Waals surface area contributed by atoms with Crippen LogP contribution in [0.4, 0.5) is 4.39 Å². The van der Waals surface area contributed by atoms with Crippen LogP contribution in [0.5, 0.6) is 0 Å². The summed E-state index contributed by atoms with van der Waals surface area (Å²) in [6, 6.07) is 4.62. The van der Waals surface area contributed by atoms with Crippen molar-refractivity contribution in [1.29, 1.82) is 0 Å². The summed E-state index contributed by atoms with van der Waals surface area (Å²) < 4.78 is 18.7. The van der Waals surface area contributed by atoms with Crippen molar-refractivity contribution >= 4 is 11.6 Å². The Morgan fingerprint density at radius 2 is 2.22 bits per heavy atom. The Balaban J connectivity index is 1.68. The molecular formula is C14H19ClFNO. The molecule has 1 fully saturated rings. The van der Waals surface area contributed by atoms with Crippen molar-refractivity contribution in [3.8, 4) is 0 Å². The lowest BCUT2D eigenvalue weighted by Crippen LogP contribution is -2.25. The first kappa shape index (κ1) is 13.8. The normalized spacial score (nSPS) is 20.0. The second-order valence-electron chi connectivity index (χ2n) is 4.73. The predicted molar refractivity (Wildman–Crippen MR) is 71.3 cm³/mol. The Labute approximate surface area is 112 Å².